The minimum Gasteiger partial charge on any atom is -0.446 e. The topological polar surface area (TPSA) is 65.5 Å². The predicted molar refractivity (Wildman–Crippen MR) is 133 cm³/mol. The van der Waals surface area contributed by atoms with E-state index in [2.05, 4.69) is 50.0 Å². The maximum Gasteiger partial charge on any atom is 0.341 e. The van der Waals surface area contributed by atoms with E-state index in [4.69, 9.17) is 9.16 Å². The van der Waals surface area contributed by atoms with Crippen LogP contribution in [0.5, 0.6) is 0 Å². The Bertz CT molecular complexity index is 1180. The van der Waals surface area contributed by atoms with Gasteiger partial charge in [0.25, 0.3) is 8.32 Å². The third-order valence-electron chi connectivity index (χ3n) is 7.15. The standard InChI is InChI=1S/C28H29NO4Si/c1-27(2,3)34(21-11-6-4-7-12-21,22-13-8-5-9-14-22)33-24-19-20(30)16-17-28(24)25-23(26(31)32-28)15-10-18-29-25/h4-15,18,24H,16-17,19H2,1-3H3/t24-,28+/m1/s1. The summed E-state index contributed by atoms with van der Waals surface area (Å²) in [5, 5.41) is 1.97. The Morgan fingerprint density at radius 2 is 1.56 bits per heavy atom. The zero-order chi connectivity index (χ0) is 24.0. The number of aromatic nitrogens is 1. The van der Waals surface area contributed by atoms with Gasteiger partial charge in [-0.3, -0.25) is 9.78 Å². The molecule has 0 radical (unpaired) electrons. The molecule has 0 N–H and O–H groups in total. The van der Waals surface area contributed by atoms with Gasteiger partial charge in [0, 0.05) is 25.5 Å². The quantitative estimate of drug-likeness (QED) is 0.423. The lowest BCUT2D eigenvalue weighted by atomic mass is 9.79. The van der Waals surface area contributed by atoms with Gasteiger partial charge < -0.3 is 9.16 Å². The Kier molecular flexibility index (Phi) is 5.53. The monoisotopic (exact) mass is 471 g/mol. The second-order valence-electron chi connectivity index (χ2n) is 10.2. The molecule has 1 fully saturated rings. The molecule has 1 spiro atoms. The van der Waals surface area contributed by atoms with E-state index in [9.17, 15) is 9.59 Å². The summed E-state index contributed by atoms with van der Waals surface area (Å²) in [6.45, 7) is 6.59. The van der Waals surface area contributed by atoms with Gasteiger partial charge >= 0.3 is 5.97 Å². The van der Waals surface area contributed by atoms with Crippen molar-refractivity contribution in [3.8, 4) is 0 Å². The lowest BCUT2D eigenvalue weighted by Gasteiger charge is -2.49. The predicted octanol–water partition coefficient (Wildman–Crippen LogP) is 4.15. The number of hydrogen-bond donors (Lipinski definition) is 0. The molecule has 0 bridgehead atoms. The minimum atomic E-state index is -2.97. The van der Waals surface area contributed by atoms with E-state index in [1.807, 2.05) is 36.4 Å². The van der Waals surface area contributed by atoms with Crippen molar-refractivity contribution in [1.29, 1.82) is 0 Å². The van der Waals surface area contributed by atoms with Crippen LogP contribution in [0.1, 0.15) is 56.1 Å². The van der Waals surface area contributed by atoms with Crippen LogP contribution >= 0.6 is 0 Å². The molecular formula is C28H29NO4Si. The molecule has 2 heterocycles. The summed E-state index contributed by atoms with van der Waals surface area (Å²) < 4.78 is 13.4. The minimum absolute atomic E-state index is 0.119. The lowest BCUT2D eigenvalue weighted by molar-refractivity contribution is -0.139. The number of benzene rings is 2. The molecule has 1 aliphatic heterocycles. The smallest absolute Gasteiger partial charge is 0.341 e. The third kappa shape index (κ3) is 3.44. The highest BCUT2D eigenvalue weighted by Crippen LogP contribution is 2.49. The molecule has 1 aromatic heterocycles. The first-order valence-electron chi connectivity index (χ1n) is 11.8. The van der Waals surface area contributed by atoms with Crippen LogP contribution in [0.15, 0.2) is 79.0 Å². The molecule has 174 valence electrons. The van der Waals surface area contributed by atoms with E-state index in [0.29, 0.717) is 24.1 Å². The van der Waals surface area contributed by atoms with Crippen LogP contribution in [0.25, 0.3) is 0 Å². The fourth-order valence-corrected chi connectivity index (χ4v) is 10.3. The summed E-state index contributed by atoms with van der Waals surface area (Å²) in [4.78, 5) is 30.2. The highest BCUT2D eigenvalue weighted by molar-refractivity contribution is 6.99. The summed E-state index contributed by atoms with van der Waals surface area (Å²) in [6.07, 6.45) is 1.96. The number of esters is 1. The maximum absolute atomic E-state index is 12.9. The van der Waals surface area contributed by atoms with E-state index in [0.717, 1.165) is 10.4 Å². The number of ketones is 1. The van der Waals surface area contributed by atoms with Gasteiger partial charge in [0.1, 0.15) is 11.5 Å². The van der Waals surface area contributed by atoms with Crippen LogP contribution in [0.4, 0.5) is 0 Å². The lowest BCUT2D eigenvalue weighted by Crippen LogP contribution is -2.69. The third-order valence-corrected chi connectivity index (χ3v) is 12.2. The summed E-state index contributed by atoms with van der Waals surface area (Å²) in [5.74, 6) is -0.275. The molecule has 1 saturated carbocycles. The Morgan fingerprint density at radius 3 is 2.15 bits per heavy atom. The van der Waals surface area contributed by atoms with Crippen LogP contribution < -0.4 is 10.4 Å². The van der Waals surface area contributed by atoms with Crippen LogP contribution in [-0.2, 0) is 19.6 Å². The van der Waals surface area contributed by atoms with Gasteiger partial charge in [-0.25, -0.2) is 4.79 Å². The molecule has 5 nitrogen and oxygen atoms in total. The number of carbonyl (C=O) groups excluding carboxylic acids is 2. The summed E-state index contributed by atoms with van der Waals surface area (Å²) in [7, 11) is -2.97. The number of pyridine rings is 1. The van der Waals surface area contributed by atoms with Gasteiger partial charge in [-0.1, -0.05) is 81.4 Å². The molecule has 0 amide bonds. The molecule has 5 rings (SSSR count). The average Bonchev–Trinajstić information content (AvgIpc) is 3.12. The molecule has 3 aromatic rings. The van der Waals surface area contributed by atoms with Crippen molar-refractivity contribution >= 4 is 30.4 Å². The number of fused-ring (bicyclic) bond motifs is 2. The second kappa shape index (κ2) is 8.29. The normalized spacial score (nSPS) is 22.5. The van der Waals surface area contributed by atoms with E-state index in [-0.39, 0.29) is 17.2 Å². The molecule has 0 unspecified atom stereocenters. The van der Waals surface area contributed by atoms with E-state index in [1.165, 1.54) is 0 Å². The largest absolute Gasteiger partial charge is 0.446 e. The number of carbonyl (C=O) groups is 2. The molecule has 2 atom stereocenters. The zero-order valence-electron chi connectivity index (χ0n) is 19.8. The van der Waals surface area contributed by atoms with Gasteiger partial charge in [0.05, 0.1) is 11.7 Å². The molecule has 34 heavy (non-hydrogen) atoms. The van der Waals surface area contributed by atoms with Crippen molar-refractivity contribution in [3.63, 3.8) is 0 Å². The molecular weight excluding hydrogens is 442 g/mol. The Labute approximate surface area is 201 Å². The fraction of sp³-hybridized carbons (Fsp3) is 0.321. The number of ether oxygens (including phenoxy) is 1. The van der Waals surface area contributed by atoms with Crippen LogP contribution in [0.2, 0.25) is 5.04 Å². The molecule has 1 aliphatic carbocycles. The van der Waals surface area contributed by atoms with Crippen LogP contribution in [-0.4, -0.2) is 31.2 Å². The number of Topliss-reactive ketones (excluding diaryl/α,β-unsaturated/α-hetero) is 1. The zero-order valence-corrected chi connectivity index (χ0v) is 20.8. The number of hydrogen-bond acceptors (Lipinski definition) is 5. The van der Waals surface area contributed by atoms with Crippen molar-refractivity contribution in [2.75, 3.05) is 0 Å². The SMILES string of the molecule is CC(C)(C)[Si](O[C@@H]1CC(=O)CC[C@]12OC(=O)c1cccnc12)(c1ccccc1)c1ccccc1. The van der Waals surface area contributed by atoms with Crippen LogP contribution in [0, 0.1) is 0 Å². The average molecular weight is 472 g/mol. The first-order chi connectivity index (χ1) is 16.3. The van der Waals surface area contributed by atoms with E-state index >= 15 is 0 Å². The van der Waals surface area contributed by atoms with Crippen molar-refractivity contribution < 1.29 is 18.8 Å². The summed E-state index contributed by atoms with van der Waals surface area (Å²) in [5.41, 5.74) is -0.00223. The van der Waals surface area contributed by atoms with Gasteiger partial charge in [-0.2, -0.15) is 0 Å². The summed E-state index contributed by atoms with van der Waals surface area (Å²) >= 11 is 0. The Balaban J connectivity index is 1.72. The van der Waals surface area contributed by atoms with Crippen molar-refractivity contribution in [3.05, 3.63) is 90.3 Å². The van der Waals surface area contributed by atoms with Gasteiger partial charge in [0.15, 0.2) is 5.60 Å². The van der Waals surface area contributed by atoms with Gasteiger partial charge in [-0.15, -0.1) is 0 Å². The van der Waals surface area contributed by atoms with Crippen molar-refractivity contribution in [2.45, 2.75) is 56.8 Å². The number of nitrogens with zero attached hydrogens (tertiary/aromatic N) is 1. The van der Waals surface area contributed by atoms with Crippen LogP contribution in [0.3, 0.4) is 0 Å². The summed E-state index contributed by atoms with van der Waals surface area (Å²) in [6, 6.07) is 24.1. The van der Waals surface area contributed by atoms with Crippen molar-refractivity contribution in [1.82, 2.24) is 4.98 Å². The second-order valence-corrected chi connectivity index (χ2v) is 14.4. The van der Waals surface area contributed by atoms with Gasteiger partial charge in [0.2, 0.25) is 0 Å². The number of rotatable bonds is 4. The maximum atomic E-state index is 12.9. The molecule has 0 saturated heterocycles. The van der Waals surface area contributed by atoms with E-state index < -0.39 is 26.0 Å². The first kappa shape index (κ1) is 22.7. The fourth-order valence-electron chi connectivity index (χ4n) is 5.56. The molecule has 2 aliphatic rings. The Morgan fingerprint density at radius 1 is 0.941 bits per heavy atom. The Hall–Kier alpha value is -3.09. The molecule has 2 aromatic carbocycles. The van der Waals surface area contributed by atoms with E-state index in [1.54, 1.807) is 18.3 Å². The van der Waals surface area contributed by atoms with Gasteiger partial charge in [-0.05, 0) is 27.5 Å². The first-order valence-corrected chi connectivity index (χ1v) is 13.7. The molecule has 6 heteroatoms. The highest BCUT2D eigenvalue weighted by Gasteiger charge is 2.60. The highest BCUT2D eigenvalue weighted by atomic mass is 28.4. The van der Waals surface area contributed by atoms with Crippen molar-refractivity contribution in [2.24, 2.45) is 0 Å².